The number of allylic oxidation sites excluding steroid dienone is 2. The zero-order valence-electron chi connectivity index (χ0n) is 11.5. The van der Waals surface area contributed by atoms with E-state index in [1.807, 2.05) is 0 Å². The van der Waals surface area contributed by atoms with Crippen molar-refractivity contribution in [3.63, 3.8) is 0 Å². The van der Waals surface area contributed by atoms with Gasteiger partial charge in [-0.15, -0.1) is 0 Å². The summed E-state index contributed by atoms with van der Waals surface area (Å²) in [6, 6.07) is 0.506. The van der Waals surface area contributed by atoms with Crippen LogP contribution in [0.4, 0.5) is 0 Å². The second kappa shape index (κ2) is 4.50. The molecule has 2 nitrogen and oxygen atoms in total. The van der Waals surface area contributed by atoms with Crippen LogP contribution >= 0.6 is 0 Å². The molecule has 0 bridgehead atoms. The van der Waals surface area contributed by atoms with Crippen LogP contribution in [0.25, 0.3) is 0 Å². The van der Waals surface area contributed by atoms with Gasteiger partial charge in [0.15, 0.2) is 0 Å². The van der Waals surface area contributed by atoms with Crippen LogP contribution in [0.15, 0.2) is 24.3 Å². The maximum absolute atomic E-state index is 12.2. The summed E-state index contributed by atoms with van der Waals surface area (Å²) >= 11 is 0. The second-order valence-corrected chi connectivity index (χ2v) is 6.75. The van der Waals surface area contributed by atoms with Gasteiger partial charge in [0.2, 0.25) is 5.91 Å². The topological polar surface area (TPSA) is 20.3 Å². The summed E-state index contributed by atoms with van der Waals surface area (Å²) in [7, 11) is 0. The lowest BCUT2D eigenvalue weighted by molar-refractivity contribution is -0.138. The van der Waals surface area contributed by atoms with Crippen molar-refractivity contribution in [1.82, 2.24) is 4.90 Å². The Labute approximate surface area is 115 Å². The molecule has 4 aliphatic rings. The lowest BCUT2D eigenvalue weighted by Gasteiger charge is -2.51. The molecule has 4 rings (SSSR count). The standard InChI is InChI=1S/C17H23NO/c19-17-7-2-1-6-16-15-9-8-12-4-3-5-13(12)14(15)10-11-18(16)17/h1-4,12-16H,5-11H2. The quantitative estimate of drug-likeness (QED) is 0.610. The van der Waals surface area contributed by atoms with Crippen molar-refractivity contribution in [1.29, 1.82) is 0 Å². The summed E-state index contributed by atoms with van der Waals surface area (Å²) in [5.74, 6) is 3.74. The Hall–Kier alpha value is -1.05. The van der Waals surface area contributed by atoms with Crippen molar-refractivity contribution in [2.45, 2.75) is 44.6 Å². The first-order valence-corrected chi connectivity index (χ1v) is 7.96. The minimum Gasteiger partial charge on any atom is -0.339 e. The van der Waals surface area contributed by atoms with Crippen molar-refractivity contribution < 1.29 is 4.79 Å². The number of nitrogens with zero attached hydrogens (tertiary/aromatic N) is 1. The van der Waals surface area contributed by atoms with E-state index in [1.54, 1.807) is 0 Å². The first kappa shape index (κ1) is 11.7. The van der Waals surface area contributed by atoms with Gasteiger partial charge >= 0.3 is 0 Å². The molecule has 5 unspecified atom stereocenters. The fraction of sp³-hybridized carbons (Fsp3) is 0.706. The first-order valence-electron chi connectivity index (χ1n) is 7.96. The lowest BCUT2D eigenvalue weighted by Crippen LogP contribution is -2.54. The smallest absolute Gasteiger partial charge is 0.226 e. The van der Waals surface area contributed by atoms with Crippen LogP contribution in [-0.4, -0.2) is 23.4 Å². The molecule has 0 N–H and O–H groups in total. The van der Waals surface area contributed by atoms with Crippen LogP contribution < -0.4 is 0 Å². The Bertz CT molecular complexity index is 439. The molecular formula is C17H23NO. The van der Waals surface area contributed by atoms with Crippen LogP contribution in [0.1, 0.15) is 38.5 Å². The maximum Gasteiger partial charge on any atom is 0.226 e. The van der Waals surface area contributed by atoms with Crippen LogP contribution in [-0.2, 0) is 4.79 Å². The molecule has 19 heavy (non-hydrogen) atoms. The van der Waals surface area contributed by atoms with Crippen molar-refractivity contribution in [3.05, 3.63) is 24.3 Å². The molecule has 0 aromatic rings. The maximum atomic E-state index is 12.2. The largest absolute Gasteiger partial charge is 0.339 e. The van der Waals surface area contributed by atoms with Gasteiger partial charge in [-0.25, -0.2) is 0 Å². The summed E-state index contributed by atoms with van der Waals surface area (Å²) in [5.41, 5.74) is 0. The lowest BCUT2D eigenvalue weighted by atomic mass is 9.62. The number of carbonyl (C=O) groups is 1. The average molecular weight is 257 g/mol. The van der Waals surface area contributed by atoms with Gasteiger partial charge in [-0.05, 0) is 55.8 Å². The second-order valence-electron chi connectivity index (χ2n) is 6.75. The minimum absolute atomic E-state index is 0.365. The molecule has 2 aliphatic carbocycles. The summed E-state index contributed by atoms with van der Waals surface area (Å²) < 4.78 is 0. The summed E-state index contributed by atoms with van der Waals surface area (Å²) in [6.45, 7) is 1.01. The van der Waals surface area contributed by atoms with Crippen molar-refractivity contribution >= 4 is 5.91 Å². The van der Waals surface area contributed by atoms with E-state index < -0.39 is 0 Å². The summed E-state index contributed by atoms with van der Waals surface area (Å²) in [4.78, 5) is 14.4. The number of carbonyl (C=O) groups excluding carboxylic acids is 1. The Balaban J connectivity index is 1.60. The highest BCUT2D eigenvalue weighted by atomic mass is 16.2. The molecule has 2 aliphatic heterocycles. The molecule has 1 saturated carbocycles. The predicted molar refractivity (Wildman–Crippen MR) is 75.4 cm³/mol. The average Bonchev–Trinajstić information content (AvgIpc) is 2.83. The van der Waals surface area contributed by atoms with Gasteiger partial charge in [-0.2, -0.15) is 0 Å². The Morgan fingerprint density at radius 2 is 1.89 bits per heavy atom. The molecule has 2 fully saturated rings. The van der Waals surface area contributed by atoms with E-state index in [1.165, 1.54) is 25.7 Å². The fourth-order valence-electron chi connectivity index (χ4n) is 5.19. The van der Waals surface area contributed by atoms with Crippen LogP contribution in [0.5, 0.6) is 0 Å². The predicted octanol–water partition coefficient (Wildman–Crippen LogP) is 3.16. The fourth-order valence-corrected chi connectivity index (χ4v) is 5.19. The Morgan fingerprint density at radius 3 is 2.84 bits per heavy atom. The van der Waals surface area contributed by atoms with Gasteiger partial charge in [0, 0.05) is 19.0 Å². The van der Waals surface area contributed by atoms with Crippen LogP contribution in [0.3, 0.4) is 0 Å². The molecular weight excluding hydrogens is 234 g/mol. The zero-order valence-corrected chi connectivity index (χ0v) is 11.5. The van der Waals surface area contributed by atoms with E-state index in [9.17, 15) is 4.79 Å². The molecule has 0 aromatic carbocycles. The Kier molecular flexibility index (Phi) is 2.78. The van der Waals surface area contributed by atoms with Crippen LogP contribution in [0, 0.1) is 23.7 Å². The molecule has 2 heterocycles. The third-order valence-corrected chi connectivity index (χ3v) is 6.03. The van der Waals surface area contributed by atoms with E-state index in [2.05, 4.69) is 29.2 Å². The monoisotopic (exact) mass is 257 g/mol. The zero-order chi connectivity index (χ0) is 12.8. The number of rotatable bonds is 0. The number of hydrogen-bond donors (Lipinski definition) is 0. The van der Waals surface area contributed by atoms with E-state index >= 15 is 0 Å². The highest BCUT2D eigenvalue weighted by Crippen LogP contribution is 2.50. The van der Waals surface area contributed by atoms with E-state index in [0.29, 0.717) is 18.4 Å². The molecule has 0 spiro atoms. The molecule has 0 radical (unpaired) electrons. The molecule has 5 atom stereocenters. The van der Waals surface area contributed by atoms with Gasteiger partial charge in [-0.3, -0.25) is 4.79 Å². The third-order valence-electron chi connectivity index (χ3n) is 6.03. The molecule has 2 heteroatoms. The van der Waals surface area contributed by atoms with Gasteiger partial charge in [0.25, 0.3) is 0 Å². The van der Waals surface area contributed by atoms with E-state index in [0.717, 1.165) is 36.6 Å². The van der Waals surface area contributed by atoms with Crippen LogP contribution in [0.2, 0.25) is 0 Å². The van der Waals surface area contributed by atoms with Crippen molar-refractivity contribution in [2.75, 3.05) is 6.54 Å². The highest BCUT2D eigenvalue weighted by Gasteiger charge is 2.47. The van der Waals surface area contributed by atoms with Gasteiger partial charge in [-0.1, -0.05) is 24.3 Å². The number of fused-ring (bicyclic) bond motifs is 5. The van der Waals surface area contributed by atoms with Gasteiger partial charge in [0.05, 0.1) is 0 Å². The summed E-state index contributed by atoms with van der Waals surface area (Å²) in [5, 5.41) is 0. The molecule has 102 valence electrons. The number of hydrogen-bond acceptors (Lipinski definition) is 1. The summed E-state index contributed by atoms with van der Waals surface area (Å²) in [6.07, 6.45) is 16.1. The van der Waals surface area contributed by atoms with E-state index in [4.69, 9.17) is 0 Å². The van der Waals surface area contributed by atoms with Gasteiger partial charge < -0.3 is 4.90 Å². The van der Waals surface area contributed by atoms with Gasteiger partial charge in [0.1, 0.15) is 0 Å². The normalized spacial score (nSPS) is 44.5. The number of amides is 1. The molecule has 1 amide bonds. The molecule has 1 saturated heterocycles. The number of piperidine rings is 1. The van der Waals surface area contributed by atoms with Crippen molar-refractivity contribution in [3.8, 4) is 0 Å². The Morgan fingerprint density at radius 1 is 0.947 bits per heavy atom. The third kappa shape index (κ3) is 1.79. The highest BCUT2D eigenvalue weighted by molar-refractivity contribution is 5.78. The SMILES string of the molecule is O=C1CC=CCC2C3CCC4C=CCC4C3CCN12. The minimum atomic E-state index is 0.365. The van der Waals surface area contributed by atoms with E-state index in [-0.39, 0.29) is 0 Å². The van der Waals surface area contributed by atoms with Crippen molar-refractivity contribution in [2.24, 2.45) is 23.7 Å². The molecule has 0 aromatic heterocycles. The first-order chi connectivity index (χ1) is 9.34.